The number of hydrogen-bond donors (Lipinski definition) is 0. The third kappa shape index (κ3) is 21.5. The molecule has 4 heteroatoms. The molecule has 2 nitrogen and oxygen atoms in total. The molecule has 0 aliphatic rings. The molecule has 0 aliphatic heterocycles. The summed E-state index contributed by atoms with van der Waals surface area (Å²) in [6.07, 6.45) is 31.9. The van der Waals surface area contributed by atoms with Gasteiger partial charge in [-0.15, -0.1) is 0 Å². The van der Waals surface area contributed by atoms with E-state index >= 15 is 0 Å². The average Bonchev–Trinajstić information content (AvgIpc) is 2.89. The maximum Gasteiger partial charge on any atom is 0.169 e. The first kappa shape index (κ1) is 38.0. The summed E-state index contributed by atoms with van der Waals surface area (Å²) in [5.74, 6) is 0. The van der Waals surface area contributed by atoms with Crippen LogP contribution in [0.4, 0.5) is 0 Å². The fourth-order valence-electron chi connectivity index (χ4n) is 4.47. The number of unbranched alkanes of at least 4 members (excludes halogenated alkanes) is 12. The van der Waals surface area contributed by atoms with Crippen LogP contribution in [0.5, 0.6) is 0 Å². The zero-order chi connectivity index (χ0) is 25.4. The molecule has 0 saturated carbocycles. The molecule has 2 aromatic rings. The molecule has 0 spiro atoms. The van der Waals surface area contributed by atoms with Crippen molar-refractivity contribution < 1.29 is 33.9 Å². The lowest BCUT2D eigenvalue weighted by Gasteiger charge is -2.00. The SMILES string of the molecule is CCCCCCCCC[n+]1ccc(CC)cc1.CCCCCCCCC[n+]1ccc(CCC)cc1.[Cl-].[Cl-]. The quantitative estimate of drug-likeness (QED) is 0.187. The lowest BCUT2D eigenvalue weighted by Crippen LogP contribution is -3.00. The highest BCUT2D eigenvalue weighted by atomic mass is 35.5. The third-order valence-corrected chi connectivity index (χ3v) is 6.91. The third-order valence-electron chi connectivity index (χ3n) is 6.91. The summed E-state index contributed by atoms with van der Waals surface area (Å²) in [5, 5.41) is 0. The van der Waals surface area contributed by atoms with Gasteiger partial charge in [-0.3, -0.25) is 0 Å². The van der Waals surface area contributed by atoms with Crippen LogP contribution in [0, 0.1) is 0 Å². The molecule has 0 bridgehead atoms. The van der Waals surface area contributed by atoms with E-state index in [0.717, 1.165) is 6.42 Å². The second-order valence-electron chi connectivity index (χ2n) is 10.2. The monoisotopic (exact) mass is 552 g/mol. The van der Waals surface area contributed by atoms with E-state index in [0.29, 0.717) is 0 Å². The molecular formula is C33H58Cl2N2. The minimum absolute atomic E-state index is 0. The number of aryl methyl sites for hydroxylation is 4. The van der Waals surface area contributed by atoms with Gasteiger partial charge >= 0.3 is 0 Å². The molecule has 0 unspecified atom stereocenters. The average molecular weight is 554 g/mol. The lowest BCUT2D eigenvalue weighted by molar-refractivity contribution is -0.697. The van der Waals surface area contributed by atoms with E-state index in [9.17, 15) is 0 Å². The van der Waals surface area contributed by atoms with Crippen LogP contribution in [-0.4, -0.2) is 0 Å². The molecule has 0 amide bonds. The summed E-state index contributed by atoms with van der Waals surface area (Å²) < 4.78 is 4.64. The number of halogens is 2. The number of pyridine rings is 2. The van der Waals surface area contributed by atoms with E-state index in [2.05, 4.69) is 85.9 Å². The van der Waals surface area contributed by atoms with Crippen molar-refractivity contribution in [3.8, 4) is 0 Å². The maximum absolute atomic E-state index is 2.32. The first-order valence-electron chi connectivity index (χ1n) is 15.2. The highest BCUT2D eigenvalue weighted by molar-refractivity contribution is 5.07. The highest BCUT2D eigenvalue weighted by Gasteiger charge is 2.01. The van der Waals surface area contributed by atoms with E-state index < -0.39 is 0 Å². The second-order valence-corrected chi connectivity index (χ2v) is 10.2. The topological polar surface area (TPSA) is 7.76 Å². The Hall–Kier alpha value is -1.12. The first-order valence-corrected chi connectivity index (χ1v) is 15.2. The predicted octanol–water partition coefficient (Wildman–Crippen LogP) is 2.97. The van der Waals surface area contributed by atoms with Gasteiger partial charge < -0.3 is 24.8 Å². The van der Waals surface area contributed by atoms with Crippen LogP contribution in [0.25, 0.3) is 0 Å². The Bertz CT molecular complexity index is 701. The molecule has 0 radical (unpaired) electrons. The van der Waals surface area contributed by atoms with Crippen molar-refractivity contribution in [1.82, 2.24) is 0 Å². The van der Waals surface area contributed by atoms with Crippen LogP contribution in [-0.2, 0) is 25.9 Å². The molecule has 2 heterocycles. The Kier molecular flexibility index (Phi) is 28.7. The summed E-state index contributed by atoms with van der Waals surface area (Å²) in [7, 11) is 0. The van der Waals surface area contributed by atoms with Crippen LogP contribution >= 0.6 is 0 Å². The van der Waals surface area contributed by atoms with Crippen molar-refractivity contribution >= 4 is 0 Å². The molecule has 2 rings (SSSR count). The lowest BCUT2D eigenvalue weighted by atomic mass is 10.1. The van der Waals surface area contributed by atoms with Crippen molar-refractivity contribution in [1.29, 1.82) is 0 Å². The smallest absolute Gasteiger partial charge is 0.169 e. The first-order chi connectivity index (χ1) is 17.2. The zero-order valence-corrected chi connectivity index (χ0v) is 26.2. The van der Waals surface area contributed by atoms with E-state index in [4.69, 9.17) is 0 Å². The van der Waals surface area contributed by atoms with Crippen molar-refractivity contribution in [2.75, 3.05) is 0 Å². The van der Waals surface area contributed by atoms with E-state index in [-0.39, 0.29) is 24.8 Å². The standard InChI is InChI=1S/C17H30N.C16H28N.2ClH/c1-3-5-6-7-8-9-10-14-18-15-12-17(11-4-2)13-16-18;1-3-5-6-7-8-9-10-13-17-14-11-16(4-2)12-15-17;;/h12-13,15-16H,3-11,14H2,1-2H3;11-12,14-15H,3-10,13H2,1-2H3;2*1H/q2*+1;;/p-2. The van der Waals surface area contributed by atoms with Crippen LogP contribution in [0.1, 0.15) is 135 Å². The molecule has 0 N–H and O–H groups in total. The van der Waals surface area contributed by atoms with Gasteiger partial charge in [-0.1, -0.05) is 98.3 Å². The predicted molar refractivity (Wildman–Crippen MR) is 153 cm³/mol. The van der Waals surface area contributed by atoms with Crippen molar-refractivity contribution in [2.45, 2.75) is 150 Å². The highest BCUT2D eigenvalue weighted by Crippen LogP contribution is 2.08. The Balaban J connectivity index is 0. The van der Waals surface area contributed by atoms with Gasteiger partial charge in [0.1, 0.15) is 13.1 Å². The minimum atomic E-state index is 0. The fraction of sp³-hybridized carbons (Fsp3) is 0.697. The summed E-state index contributed by atoms with van der Waals surface area (Å²) in [5.41, 5.74) is 2.90. The van der Waals surface area contributed by atoms with E-state index in [1.807, 2.05) is 0 Å². The largest absolute Gasteiger partial charge is 1.00 e. The normalized spacial score (nSPS) is 10.2. The van der Waals surface area contributed by atoms with Crippen molar-refractivity contribution in [3.63, 3.8) is 0 Å². The number of aromatic nitrogens is 2. The van der Waals surface area contributed by atoms with Crippen LogP contribution in [0.2, 0.25) is 0 Å². The molecule has 0 fully saturated rings. The molecule has 37 heavy (non-hydrogen) atoms. The summed E-state index contributed by atoms with van der Waals surface area (Å²) >= 11 is 0. The molecule has 0 aromatic carbocycles. The Morgan fingerprint density at radius 3 is 1.14 bits per heavy atom. The van der Waals surface area contributed by atoms with E-state index in [1.165, 1.54) is 127 Å². The Morgan fingerprint density at radius 1 is 0.432 bits per heavy atom. The van der Waals surface area contributed by atoms with Gasteiger partial charge in [-0.05, 0) is 36.8 Å². The number of nitrogens with zero attached hydrogens (tertiary/aromatic N) is 2. The Morgan fingerprint density at radius 2 is 0.784 bits per heavy atom. The van der Waals surface area contributed by atoms with Crippen LogP contribution < -0.4 is 33.9 Å². The van der Waals surface area contributed by atoms with Crippen LogP contribution in [0.3, 0.4) is 0 Å². The van der Waals surface area contributed by atoms with E-state index in [1.54, 1.807) is 0 Å². The van der Waals surface area contributed by atoms with Gasteiger partial charge in [0.25, 0.3) is 0 Å². The van der Waals surface area contributed by atoms with Crippen molar-refractivity contribution in [2.24, 2.45) is 0 Å². The van der Waals surface area contributed by atoms with Crippen LogP contribution in [0.15, 0.2) is 49.1 Å². The second kappa shape index (κ2) is 27.9. The molecule has 0 saturated heterocycles. The summed E-state index contributed by atoms with van der Waals surface area (Å²) in [6.45, 7) is 11.4. The molecule has 2 aromatic heterocycles. The van der Waals surface area contributed by atoms with Gasteiger partial charge in [0.15, 0.2) is 24.8 Å². The zero-order valence-electron chi connectivity index (χ0n) is 24.7. The van der Waals surface area contributed by atoms with Gasteiger partial charge in [-0.25, -0.2) is 9.13 Å². The van der Waals surface area contributed by atoms with Gasteiger partial charge in [-0.2, -0.15) is 0 Å². The number of hydrogen-bond acceptors (Lipinski definition) is 0. The molecule has 214 valence electrons. The van der Waals surface area contributed by atoms with Gasteiger partial charge in [0, 0.05) is 37.1 Å². The molecule has 0 atom stereocenters. The van der Waals surface area contributed by atoms with Gasteiger partial charge in [0.2, 0.25) is 0 Å². The van der Waals surface area contributed by atoms with Gasteiger partial charge in [0.05, 0.1) is 0 Å². The molecule has 0 aliphatic carbocycles. The molecular weight excluding hydrogens is 495 g/mol. The minimum Gasteiger partial charge on any atom is -1.00 e. The Labute approximate surface area is 243 Å². The maximum atomic E-state index is 2.32. The van der Waals surface area contributed by atoms with Crippen molar-refractivity contribution in [3.05, 3.63) is 60.2 Å². The number of rotatable bonds is 19. The summed E-state index contributed by atoms with van der Waals surface area (Å²) in [6, 6.07) is 9.01. The summed E-state index contributed by atoms with van der Waals surface area (Å²) in [4.78, 5) is 0. The fourth-order valence-corrected chi connectivity index (χ4v) is 4.47.